The standard InChI is InChI=1S/C19H27N3O2/c23-19(22-12-13-24-17-8-2-1-7-16(17)22)15-6-5-11-21(14-15)18-9-3-4-10-20-18/h3-4,9-10,15-17H,1-2,5-8,11-14H2/t15-,16-,17+/m1/s1. The molecule has 3 aliphatic rings. The number of anilines is 1. The van der Waals surface area contributed by atoms with Crippen LogP contribution in [0.5, 0.6) is 0 Å². The highest BCUT2D eigenvalue weighted by molar-refractivity contribution is 5.80. The summed E-state index contributed by atoms with van der Waals surface area (Å²) in [4.78, 5) is 22.1. The summed E-state index contributed by atoms with van der Waals surface area (Å²) in [5.74, 6) is 1.43. The first-order valence-electron chi connectivity index (χ1n) is 9.41. The van der Waals surface area contributed by atoms with Crippen molar-refractivity contribution in [1.29, 1.82) is 0 Å². The predicted octanol–water partition coefficient (Wildman–Crippen LogP) is 2.47. The van der Waals surface area contributed by atoms with E-state index in [4.69, 9.17) is 4.74 Å². The van der Waals surface area contributed by atoms with Crippen LogP contribution >= 0.6 is 0 Å². The second-order valence-corrected chi connectivity index (χ2v) is 7.27. The lowest BCUT2D eigenvalue weighted by Crippen LogP contribution is -2.57. The number of piperidine rings is 1. The topological polar surface area (TPSA) is 45.7 Å². The maximum Gasteiger partial charge on any atom is 0.227 e. The number of ether oxygens (including phenoxy) is 1. The van der Waals surface area contributed by atoms with Crippen molar-refractivity contribution in [1.82, 2.24) is 9.88 Å². The minimum atomic E-state index is 0.0985. The van der Waals surface area contributed by atoms with E-state index < -0.39 is 0 Å². The molecule has 3 atom stereocenters. The van der Waals surface area contributed by atoms with Gasteiger partial charge in [-0.05, 0) is 37.8 Å². The lowest BCUT2D eigenvalue weighted by atomic mass is 9.88. The summed E-state index contributed by atoms with van der Waals surface area (Å²) < 4.78 is 5.93. The summed E-state index contributed by atoms with van der Waals surface area (Å²) >= 11 is 0. The Morgan fingerprint density at radius 1 is 1.12 bits per heavy atom. The van der Waals surface area contributed by atoms with Gasteiger partial charge in [0, 0.05) is 25.8 Å². The third-order valence-electron chi connectivity index (χ3n) is 5.76. The molecule has 0 radical (unpaired) electrons. The number of aromatic nitrogens is 1. The Kier molecular flexibility index (Phi) is 4.69. The van der Waals surface area contributed by atoms with Crippen molar-refractivity contribution in [3.8, 4) is 0 Å². The summed E-state index contributed by atoms with van der Waals surface area (Å²) in [5, 5.41) is 0. The fourth-order valence-electron chi connectivity index (χ4n) is 4.53. The molecule has 4 rings (SSSR count). The first-order valence-corrected chi connectivity index (χ1v) is 9.41. The van der Waals surface area contributed by atoms with Crippen molar-refractivity contribution in [2.24, 2.45) is 5.92 Å². The van der Waals surface area contributed by atoms with Crippen LogP contribution in [0, 0.1) is 5.92 Å². The molecule has 5 heteroatoms. The van der Waals surface area contributed by atoms with E-state index in [-0.39, 0.29) is 12.0 Å². The van der Waals surface area contributed by atoms with Gasteiger partial charge >= 0.3 is 0 Å². The van der Waals surface area contributed by atoms with E-state index in [1.807, 2.05) is 24.4 Å². The Hall–Kier alpha value is -1.62. The van der Waals surface area contributed by atoms with Crippen molar-refractivity contribution in [2.75, 3.05) is 31.1 Å². The van der Waals surface area contributed by atoms with E-state index in [0.29, 0.717) is 18.6 Å². The number of amides is 1. The number of hydrogen-bond donors (Lipinski definition) is 0. The molecule has 0 spiro atoms. The number of carbonyl (C=O) groups is 1. The Bertz CT molecular complexity index is 563. The number of hydrogen-bond acceptors (Lipinski definition) is 4. The van der Waals surface area contributed by atoms with Crippen LogP contribution in [0.1, 0.15) is 38.5 Å². The van der Waals surface area contributed by atoms with Crippen LogP contribution in [0.4, 0.5) is 5.82 Å². The lowest BCUT2D eigenvalue weighted by Gasteiger charge is -2.46. The third-order valence-corrected chi connectivity index (χ3v) is 5.76. The Morgan fingerprint density at radius 3 is 2.92 bits per heavy atom. The highest BCUT2D eigenvalue weighted by Gasteiger charge is 2.39. The molecule has 0 unspecified atom stereocenters. The molecule has 0 N–H and O–H groups in total. The molecule has 3 fully saturated rings. The van der Waals surface area contributed by atoms with Gasteiger partial charge in [-0.1, -0.05) is 18.9 Å². The van der Waals surface area contributed by atoms with Crippen LogP contribution in [0.3, 0.4) is 0 Å². The molecule has 1 aliphatic carbocycles. The average Bonchev–Trinajstić information content (AvgIpc) is 2.68. The first kappa shape index (κ1) is 15.9. The second kappa shape index (κ2) is 7.09. The summed E-state index contributed by atoms with van der Waals surface area (Å²) in [5.41, 5.74) is 0. The van der Waals surface area contributed by atoms with Gasteiger partial charge in [-0.2, -0.15) is 0 Å². The third kappa shape index (κ3) is 3.14. The molecule has 3 heterocycles. The second-order valence-electron chi connectivity index (χ2n) is 7.27. The minimum absolute atomic E-state index is 0.0985. The van der Waals surface area contributed by atoms with Gasteiger partial charge in [-0.3, -0.25) is 4.79 Å². The van der Waals surface area contributed by atoms with Crippen LogP contribution in [0.15, 0.2) is 24.4 Å². The van der Waals surface area contributed by atoms with E-state index >= 15 is 0 Å². The van der Waals surface area contributed by atoms with Gasteiger partial charge < -0.3 is 14.5 Å². The molecule has 130 valence electrons. The normalized spacial score (nSPS) is 30.8. The predicted molar refractivity (Wildman–Crippen MR) is 92.9 cm³/mol. The van der Waals surface area contributed by atoms with Gasteiger partial charge in [-0.15, -0.1) is 0 Å². The highest BCUT2D eigenvalue weighted by atomic mass is 16.5. The summed E-state index contributed by atoms with van der Waals surface area (Å²) in [6.07, 6.45) is 8.83. The molecule has 0 aromatic carbocycles. The van der Waals surface area contributed by atoms with Gasteiger partial charge in [0.25, 0.3) is 0 Å². The zero-order chi connectivity index (χ0) is 16.4. The van der Waals surface area contributed by atoms with E-state index in [2.05, 4.69) is 14.8 Å². The van der Waals surface area contributed by atoms with Crippen molar-refractivity contribution >= 4 is 11.7 Å². The number of fused-ring (bicyclic) bond motifs is 1. The van der Waals surface area contributed by atoms with Gasteiger partial charge in [0.05, 0.1) is 24.7 Å². The number of carbonyl (C=O) groups excluding carboxylic acids is 1. The molecule has 24 heavy (non-hydrogen) atoms. The van der Waals surface area contributed by atoms with Crippen molar-refractivity contribution in [2.45, 2.75) is 50.7 Å². The summed E-state index contributed by atoms with van der Waals surface area (Å²) in [6.45, 7) is 3.25. The van der Waals surface area contributed by atoms with E-state index in [1.165, 1.54) is 12.8 Å². The van der Waals surface area contributed by atoms with Crippen LogP contribution in [-0.4, -0.2) is 54.2 Å². The van der Waals surface area contributed by atoms with Gasteiger partial charge in [0.1, 0.15) is 5.82 Å². The summed E-state index contributed by atoms with van der Waals surface area (Å²) in [6, 6.07) is 6.30. The van der Waals surface area contributed by atoms with Crippen LogP contribution in [0.25, 0.3) is 0 Å². The van der Waals surface area contributed by atoms with Crippen LogP contribution in [0.2, 0.25) is 0 Å². The van der Waals surface area contributed by atoms with Gasteiger partial charge in [-0.25, -0.2) is 4.98 Å². The Morgan fingerprint density at radius 2 is 2.04 bits per heavy atom. The number of pyridine rings is 1. The van der Waals surface area contributed by atoms with E-state index in [9.17, 15) is 4.79 Å². The summed E-state index contributed by atoms with van der Waals surface area (Å²) in [7, 11) is 0. The average molecular weight is 329 g/mol. The Labute approximate surface area is 144 Å². The fraction of sp³-hybridized carbons (Fsp3) is 0.684. The largest absolute Gasteiger partial charge is 0.374 e. The molecular formula is C19H27N3O2. The van der Waals surface area contributed by atoms with Crippen molar-refractivity contribution in [3.63, 3.8) is 0 Å². The van der Waals surface area contributed by atoms with Gasteiger partial charge in [0.2, 0.25) is 5.91 Å². The molecular weight excluding hydrogens is 302 g/mol. The monoisotopic (exact) mass is 329 g/mol. The molecule has 0 bridgehead atoms. The first-order chi connectivity index (χ1) is 11.8. The maximum atomic E-state index is 13.2. The number of morpholine rings is 1. The molecule has 5 nitrogen and oxygen atoms in total. The lowest BCUT2D eigenvalue weighted by molar-refractivity contribution is -0.154. The Balaban J connectivity index is 1.45. The van der Waals surface area contributed by atoms with Gasteiger partial charge in [0.15, 0.2) is 0 Å². The zero-order valence-corrected chi connectivity index (χ0v) is 14.3. The molecule has 1 aromatic rings. The van der Waals surface area contributed by atoms with E-state index in [0.717, 1.165) is 51.1 Å². The maximum absolute atomic E-state index is 13.2. The van der Waals surface area contributed by atoms with Crippen molar-refractivity contribution < 1.29 is 9.53 Å². The molecule has 2 aliphatic heterocycles. The fourth-order valence-corrected chi connectivity index (χ4v) is 4.53. The quantitative estimate of drug-likeness (QED) is 0.836. The zero-order valence-electron chi connectivity index (χ0n) is 14.3. The molecule has 1 saturated carbocycles. The van der Waals surface area contributed by atoms with Crippen LogP contribution < -0.4 is 4.90 Å². The smallest absolute Gasteiger partial charge is 0.227 e. The highest BCUT2D eigenvalue weighted by Crippen LogP contribution is 2.31. The van der Waals surface area contributed by atoms with E-state index in [1.54, 1.807) is 0 Å². The molecule has 2 saturated heterocycles. The number of rotatable bonds is 2. The molecule has 1 amide bonds. The van der Waals surface area contributed by atoms with Crippen molar-refractivity contribution in [3.05, 3.63) is 24.4 Å². The SMILES string of the molecule is O=C([C@@H]1CCCN(c2ccccn2)C1)N1CCO[C@H]2CCCC[C@H]21. The van der Waals surface area contributed by atoms with Crippen LogP contribution in [-0.2, 0) is 9.53 Å². The number of nitrogens with zero attached hydrogens (tertiary/aromatic N) is 3. The minimum Gasteiger partial charge on any atom is -0.374 e. The molecule has 1 aromatic heterocycles.